The zero-order valence-electron chi connectivity index (χ0n) is 13.7. The number of carbonyl (C=O) groups is 1. The molecule has 0 amide bonds. The van der Waals surface area contributed by atoms with E-state index in [-0.39, 0.29) is 11.6 Å². The van der Waals surface area contributed by atoms with Crippen LogP contribution in [0.3, 0.4) is 0 Å². The molecule has 0 N–H and O–H groups in total. The lowest BCUT2D eigenvalue weighted by atomic mass is 9.97. The highest BCUT2D eigenvalue weighted by atomic mass is 19.1. The molecule has 0 spiro atoms. The van der Waals surface area contributed by atoms with Gasteiger partial charge in [-0.1, -0.05) is 17.3 Å². The summed E-state index contributed by atoms with van der Waals surface area (Å²) in [5, 5.41) is 17.6. The van der Waals surface area contributed by atoms with E-state index in [9.17, 15) is 14.4 Å². The number of hydrogen-bond acceptors (Lipinski definition) is 5. The zero-order chi connectivity index (χ0) is 18.1. The molecule has 7 heteroatoms. The van der Waals surface area contributed by atoms with E-state index in [0.29, 0.717) is 17.1 Å². The van der Waals surface area contributed by atoms with Gasteiger partial charge in [-0.15, -0.1) is 5.10 Å². The Morgan fingerprint density at radius 2 is 2.12 bits per heavy atom. The molecule has 1 aromatic carbocycles. The Morgan fingerprint density at radius 1 is 1.27 bits per heavy atom. The third kappa shape index (κ3) is 2.86. The van der Waals surface area contributed by atoms with Crippen LogP contribution in [0.4, 0.5) is 4.39 Å². The van der Waals surface area contributed by atoms with Crippen molar-refractivity contribution in [3.05, 3.63) is 71.6 Å². The summed E-state index contributed by atoms with van der Waals surface area (Å²) >= 11 is 0. The maximum absolute atomic E-state index is 13.6. The molecule has 128 valence electrons. The third-order valence-corrected chi connectivity index (χ3v) is 4.33. The quantitative estimate of drug-likeness (QED) is 0.662. The van der Waals surface area contributed by atoms with Gasteiger partial charge in [0.25, 0.3) is 0 Å². The van der Waals surface area contributed by atoms with Crippen molar-refractivity contribution in [3.8, 4) is 11.8 Å². The summed E-state index contributed by atoms with van der Waals surface area (Å²) in [6.07, 6.45) is 3.35. The predicted molar refractivity (Wildman–Crippen MR) is 90.2 cm³/mol. The molecule has 1 unspecified atom stereocenters. The lowest BCUT2D eigenvalue weighted by Crippen LogP contribution is -2.15. The van der Waals surface area contributed by atoms with Gasteiger partial charge in [0.2, 0.25) is 5.78 Å². The monoisotopic (exact) mass is 347 g/mol. The second-order valence-electron chi connectivity index (χ2n) is 6.17. The molecule has 0 bridgehead atoms. The summed E-state index contributed by atoms with van der Waals surface area (Å²) < 4.78 is 15.1. The molecule has 1 atom stereocenters. The molecule has 3 aromatic rings. The SMILES string of the molecule is N#CC(C(=O)c1nnn(-c2cccc(F)c2)c1C1CC1)c1ccccn1. The van der Waals surface area contributed by atoms with Gasteiger partial charge in [0, 0.05) is 12.1 Å². The summed E-state index contributed by atoms with van der Waals surface area (Å²) in [6, 6.07) is 13.1. The van der Waals surface area contributed by atoms with Crippen LogP contribution < -0.4 is 0 Å². The van der Waals surface area contributed by atoms with Gasteiger partial charge in [-0.3, -0.25) is 9.78 Å². The molecule has 2 heterocycles. The molecule has 0 saturated heterocycles. The van der Waals surface area contributed by atoms with Gasteiger partial charge in [0.1, 0.15) is 5.82 Å². The standard InChI is InChI=1S/C19H14FN5O/c20-13-4-3-5-14(10-13)25-18(12-7-8-12)17(23-24-25)19(26)15(11-21)16-6-1-2-9-22-16/h1-6,9-10,12,15H,7-8H2. The number of benzene rings is 1. The minimum absolute atomic E-state index is 0.135. The molecular weight excluding hydrogens is 333 g/mol. The Hall–Kier alpha value is -3.40. The van der Waals surface area contributed by atoms with Crippen LogP contribution in [0.2, 0.25) is 0 Å². The Balaban J connectivity index is 1.78. The van der Waals surface area contributed by atoms with E-state index in [4.69, 9.17) is 0 Å². The average molecular weight is 347 g/mol. The summed E-state index contributed by atoms with van der Waals surface area (Å²) in [7, 11) is 0. The maximum Gasteiger partial charge on any atom is 0.208 e. The van der Waals surface area contributed by atoms with E-state index < -0.39 is 17.5 Å². The van der Waals surface area contributed by atoms with E-state index in [1.54, 1.807) is 36.5 Å². The van der Waals surface area contributed by atoms with Gasteiger partial charge in [0.15, 0.2) is 11.6 Å². The Bertz CT molecular complexity index is 1000. The number of aromatic nitrogens is 4. The highest BCUT2D eigenvalue weighted by Crippen LogP contribution is 2.42. The normalized spacial score (nSPS) is 14.6. The van der Waals surface area contributed by atoms with Gasteiger partial charge in [-0.2, -0.15) is 5.26 Å². The van der Waals surface area contributed by atoms with Crippen molar-refractivity contribution in [1.29, 1.82) is 5.26 Å². The fourth-order valence-electron chi connectivity index (χ4n) is 2.93. The van der Waals surface area contributed by atoms with Crippen LogP contribution in [0.1, 0.15) is 46.6 Å². The molecule has 1 saturated carbocycles. The molecule has 1 aliphatic rings. The number of halogens is 1. The minimum Gasteiger partial charge on any atom is -0.290 e. The molecule has 1 aliphatic carbocycles. The molecule has 26 heavy (non-hydrogen) atoms. The topological polar surface area (TPSA) is 84.5 Å². The smallest absolute Gasteiger partial charge is 0.208 e. The number of ketones is 1. The molecule has 6 nitrogen and oxygen atoms in total. The highest BCUT2D eigenvalue weighted by molar-refractivity contribution is 6.02. The van der Waals surface area contributed by atoms with E-state index >= 15 is 0 Å². The first-order valence-electron chi connectivity index (χ1n) is 8.25. The van der Waals surface area contributed by atoms with Gasteiger partial charge < -0.3 is 0 Å². The first kappa shape index (κ1) is 16.1. The van der Waals surface area contributed by atoms with Crippen LogP contribution in [0, 0.1) is 17.1 Å². The Morgan fingerprint density at radius 3 is 2.77 bits per heavy atom. The van der Waals surface area contributed by atoms with Crippen LogP contribution in [0.5, 0.6) is 0 Å². The lowest BCUT2D eigenvalue weighted by Gasteiger charge is -2.09. The first-order valence-corrected chi connectivity index (χ1v) is 8.25. The molecular formula is C19H14FN5O. The van der Waals surface area contributed by atoms with Crippen LogP contribution in [-0.4, -0.2) is 25.8 Å². The number of rotatable bonds is 5. The molecule has 0 aliphatic heterocycles. The Labute approximate surface area is 148 Å². The van der Waals surface area contributed by atoms with Crippen molar-refractivity contribution in [2.75, 3.05) is 0 Å². The summed E-state index contributed by atoms with van der Waals surface area (Å²) in [5.74, 6) is -1.74. The van der Waals surface area contributed by atoms with Gasteiger partial charge in [-0.05, 0) is 43.2 Å². The molecule has 4 rings (SSSR count). The summed E-state index contributed by atoms with van der Waals surface area (Å²) in [6.45, 7) is 0. The predicted octanol–water partition coefficient (Wildman–Crippen LogP) is 3.17. The number of carbonyl (C=O) groups excluding carboxylic acids is 1. The molecule has 0 radical (unpaired) electrons. The van der Waals surface area contributed by atoms with Crippen molar-refractivity contribution in [1.82, 2.24) is 20.0 Å². The van der Waals surface area contributed by atoms with Crippen molar-refractivity contribution in [3.63, 3.8) is 0 Å². The maximum atomic E-state index is 13.6. The third-order valence-electron chi connectivity index (χ3n) is 4.33. The van der Waals surface area contributed by atoms with E-state index in [2.05, 4.69) is 15.3 Å². The zero-order valence-corrected chi connectivity index (χ0v) is 13.7. The fraction of sp³-hybridized carbons (Fsp3) is 0.211. The number of pyridine rings is 1. The van der Waals surface area contributed by atoms with E-state index in [0.717, 1.165) is 12.8 Å². The summed E-state index contributed by atoms with van der Waals surface area (Å²) in [5.41, 5.74) is 1.68. The van der Waals surface area contributed by atoms with Crippen molar-refractivity contribution >= 4 is 5.78 Å². The summed E-state index contributed by atoms with van der Waals surface area (Å²) in [4.78, 5) is 17.1. The number of Topliss-reactive ketones (excluding diaryl/α,β-unsaturated/α-hetero) is 1. The average Bonchev–Trinajstić information content (AvgIpc) is 3.41. The fourth-order valence-corrected chi connectivity index (χ4v) is 2.93. The van der Waals surface area contributed by atoms with Gasteiger partial charge >= 0.3 is 0 Å². The molecule has 1 fully saturated rings. The van der Waals surface area contributed by atoms with Crippen LogP contribution in [0.15, 0.2) is 48.7 Å². The molecule has 2 aromatic heterocycles. The first-order chi connectivity index (χ1) is 12.7. The van der Waals surface area contributed by atoms with Crippen molar-refractivity contribution in [2.45, 2.75) is 24.7 Å². The van der Waals surface area contributed by atoms with Gasteiger partial charge in [-0.25, -0.2) is 9.07 Å². The second kappa shape index (κ2) is 6.48. The number of nitrogens with zero attached hydrogens (tertiary/aromatic N) is 5. The van der Waals surface area contributed by atoms with Crippen LogP contribution >= 0.6 is 0 Å². The van der Waals surface area contributed by atoms with Crippen LogP contribution in [0.25, 0.3) is 5.69 Å². The van der Waals surface area contributed by atoms with Crippen molar-refractivity contribution < 1.29 is 9.18 Å². The van der Waals surface area contributed by atoms with E-state index in [1.807, 2.05) is 6.07 Å². The Kier molecular flexibility index (Phi) is 4.01. The highest BCUT2D eigenvalue weighted by Gasteiger charge is 2.37. The number of hydrogen-bond donors (Lipinski definition) is 0. The van der Waals surface area contributed by atoms with Crippen molar-refractivity contribution in [2.24, 2.45) is 0 Å². The lowest BCUT2D eigenvalue weighted by molar-refractivity contribution is 0.0971. The van der Waals surface area contributed by atoms with Crippen LogP contribution in [-0.2, 0) is 0 Å². The minimum atomic E-state index is -1.05. The van der Waals surface area contributed by atoms with E-state index in [1.165, 1.54) is 16.8 Å². The second-order valence-corrected chi connectivity index (χ2v) is 6.17. The number of nitriles is 1. The largest absolute Gasteiger partial charge is 0.290 e. The van der Waals surface area contributed by atoms with Gasteiger partial charge in [0.05, 0.1) is 23.1 Å².